The number of carbonyl (C=O) groups is 2. The second-order valence-corrected chi connectivity index (χ2v) is 7.44. The van der Waals surface area contributed by atoms with Crippen LogP contribution in [0.3, 0.4) is 0 Å². The molecule has 0 aliphatic carbocycles. The Morgan fingerprint density at radius 3 is 2.36 bits per heavy atom. The summed E-state index contributed by atoms with van der Waals surface area (Å²) in [5, 5.41) is 0.577. The fraction of sp³-hybridized carbons (Fsp3) is 0.160. The monoisotopic (exact) mass is 446 g/mol. The summed E-state index contributed by atoms with van der Waals surface area (Å²) in [4.78, 5) is 37.1. The molecule has 1 aliphatic rings. The van der Waals surface area contributed by atoms with Gasteiger partial charge in [0.2, 0.25) is 6.10 Å². The maximum absolute atomic E-state index is 12.9. The van der Waals surface area contributed by atoms with Gasteiger partial charge in [-0.05, 0) is 36.4 Å². The highest BCUT2D eigenvalue weighted by molar-refractivity contribution is 5.90. The van der Waals surface area contributed by atoms with Crippen LogP contribution >= 0.6 is 0 Å². The van der Waals surface area contributed by atoms with E-state index in [4.69, 9.17) is 23.0 Å². The molecule has 2 aromatic heterocycles. The Morgan fingerprint density at radius 1 is 0.879 bits per heavy atom. The number of rotatable bonds is 4. The van der Waals surface area contributed by atoms with E-state index in [-0.39, 0.29) is 11.3 Å². The largest absolute Gasteiger partial charge is 0.476 e. The van der Waals surface area contributed by atoms with Crippen molar-refractivity contribution in [3.8, 4) is 17.1 Å². The third-order valence-electron chi connectivity index (χ3n) is 5.61. The van der Waals surface area contributed by atoms with Crippen LogP contribution < -0.4 is 10.4 Å². The van der Waals surface area contributed by atoms with Gasteiger partial charge in [0.15, 0.2) is 0 Å². The molecule has 0 fully saturated rings. The Balaban J connectivity index is 1.59. The molecule has 2 aromatic carbocycles. The fourth-order valence-corrected chi connectivity index (χ4v) is 4.03. The quantitative estimate of drug-likeness (QED) is 0.343. The molecule has 0 unspecified atom stereocenters. The second-order valence-electron chi connectivity index (χ2n) is 7.44. The van der Waals surface area contributed by atoms with Crippen LogP contribution in [-0.4, -0.2) is 32.3 Å². The lowest BCUT2D eigenvalue weighted by Gasteiger charge is -2.14. The van der Waals surface area contributed by atoms with E-state index in [2.05, 4.69) is 0 Å². The number of ether oxygens (including phenoxy) is 3. The minimum absolute atomic E-state index is 0.200. The van der Waals surface area contributed by atoms with E-state index in [1.165, 1.54) is 14.2 Å². The summed E-state index contributed by atoms with van der Waals surface area (Å²) in [6.07, 6.45) is -1.11. The van der Waals surface area contributed by atoms with Crippen molar-refractivity contribution in [1.82, 2.24) is 0 Å². The van der Waals surface area contributed by atoms with E-state index in [9.17, 15) is 14.4 Å². The summed E-state index contributed by atoms with van der Waals surface area (Å²) in [7, 11) is 2.57. The third kappa shape index (κ3) is 3.36. The van der Waals surface area contributed by atoms with Gasteiger partial charge in [-0.1, -0.05) is 24.3 Å². The van der Waals surface area contributed by atoms with Gasteiger partial charge in [0.05, 0.1) is 30.7 Å². The SMILES string of the molecule is COC(=O)c1ccc(-c2ccc([C@@H]3c4c(c5ccccc5oc4=O)O[C@@H]3C(=O)OC)o2)cc1. The Kier molecular flexibility index (Phi) is 4.97. The maximum Gasteiger partial charge on any atom is 0.348 e. The van der Waals surface area contributed by atoms with Gasteiger partial charge in [-0.3, -0.25) is 0 Å². The molecular weight excluding hydrogens is 428 g/mol. The van der Waals surface area contributed by atoms with Crippen molar-refractivity contribution < 1.29 is 32.6 Å². The van der Waals surface area contributed by atoms with Crippen molar-refractivity contribution in [3.05, 3.63) is 88.0 Å². The maximum atomic E-state index is 12.9. The summed E-state index contributed by atoms with van der Waals surface area (Å²) >= 11 is 0. The van der Waals surface area contributed by atoms with Crippen LogP contribution in [0, 0.1) is 0 Å². The number of fused-ring (bicyclic) bond motifs is 3. The smallest absolute Gasteiger partial charge is 0.348 e. The van der Waals surface area contributed by atoms with Crippen LogP contribution in [-0.2, 0) is 14.3 Å². The van der Waals surface area contributed by atoms with E-state index in [1.807, 2.05) is 0 Å². The predicted octanol–water partition coefficient (Wildman–Crippen LogP) is 3.91. The van der Waals surface area contributed by atoms with Gasteiger partial charge < -0.3 is 23.0 Å². The van der Waals surface area contributed by atoms with Crippen LogP contribution in [0.1, 0.15) is 27.6 Å². The van der Waals surface area contributed by atoms with Crippen molar-refractivity contribution in [2.75, 3.05) is 14.2 Å². The number of hydrogen-bond acceptors (Lipinski definition) is 8. The minimum atomic E-state index is -1.11. The zero-order valence-corrected chi connectivity index (χ0v) is 17.7. The molecular formula is C25H18O8. The Bertz CT molecular complexity index is 1430. The first-order chi connectivity index (χ1) is 16.0. The Hall–Kier alpha value is -4.33. The molecule has 0 N–H and O–H groups in total. The number of benzene rings is 2. The molecule has 1 aliphatic heterocycles. The first-order valence-electron chi connectivity index (χ1n) is 10.1. The molecule has 2 atom stereocenters. The normalized spacial score (nSPS) is 16.8. The number of furan rings is 1. The lowest BCUT2D eigenvalue weighted by Crippen LogP contribution is -2.31. The zero-order chi connectivity index (χ0) is 23.1. The van der Waals surface area contributed by atoms with Gasteiger partial charge in [0, 0.05) is 5.56 Å². The average molecular weight is 446 g/mol. The molecule has 5 rings (SSSR count). The number of methoxy groups -OCH3 is 2. The number of hydrogen-bond donors (Lipinski definition) is 0. The number of esters is 2. The average Bonchev–Trinajstić information content (AvgIpc) is 3.49. The summed E-state index contributed by atoms with van der Waals surface area (Å²) in [5.74, 6) is -0.817. The first kappa shape index (κ1) is 20.6. The van der Waals surface area contributed by atoms with Gasteiger partial charge in [-0.15, -0.1) is 0 Å². The van der Waals surface area contributed by atoms with E-state index >= 15 is 0 Å². The lowest BCUT2D eigenvalue weighted by atomic mass is 9.93. The summed E-state index contributed by atoms with van der Waals surface area (Å²) in [6.45, 7) is 0. The van der Waals surface area contributed by atoms with Gasteiger partial charge in [-0.25, -0.2) is 14.4 Å². The molecule has 8 heteroatoms. The molecule has 0 radical (unpaired) electrons. The van der Waals surface area contributed by atoms with Crippen LogP contribution in [0.4, 0.5) is 0 Å². The summed E-state index contributed by atoms with van der Waals surface area (Å²) < 4.78 is 27.1. The molecule has 0 bridgehead atoms. The van der Waals surface area contributed by atoms with E-state index in [0.717, 1.165) is 0 Å². The number of para-hydroxylation sites is 1. The van der Waals surface area contributed by atoms with Gasteiger partial charge in [0.25, 0.3) is 0 Å². The van der Waals surface area contributed by atoms with Crippen molar-refractivity contribution in [3.63, 3.8) is 0 Å². The van der Waals surface area contributed by atoms with Crippen LogP contribution in [0.2, 0.25) is 0 Å². The molecule has 4 aromatic rings. The number of carbonyl (C=O) groups excluding carboxylic acids is 2. The standard InChI is InChI=1S/C25H18O8/c1-29-23(26)14-9-7-13(8-10-14)16-11-12-18(31-16)19-20-21(33-22(19)25(28)30-2)15-5-3-4-6-17(15)32-24(20)27/h3-12,19,22H,1-2H3/t19-,22+/m1/s1. The van der Waals surface area contributed by atoms with E-state index < -0.39 is 29.6 Å². The second kappa shape index (κ2) is 7.98. The zero-order valence-electron chi connectivity index (χ0n) is 17.7. The fourth-order valence-electron chi connectivity index (χ4n) is 4.03. The first-order valence-corrected chi connectivity index (χ1v) is 10.1. The molecule has 3 heterocycles. The third-order valence-corrected chi connectivity index (χ3v) is 5.61. The van der Waals surface area contributed by atoms with Crippen LogP contribution in [0.15, 0.2) is 74.3 Å². The van der Waals surface area contributed by atoms with Crippen molar-refractivity contribution in [1.29, 1.82) is 0 Å². The van der Waals surface area contributed by atoms with Gasteiger partial charge in [-0.2, -0.15) is 0 Å². The summed E-state index contributed by atoms with van der Waals surface area (Å²) in [6, 6.07) is 17.0. The topological polar surface area (TPSA) is 105 Å². The van der Waals surface area contributed by atoms with Crippen LogP contribution in [0.25, 0.3) is 22.3 Å². The highest BCUT2D eigenvalue weighted by Crippen LogP contribution is 2.45. The van der Waals surface area contributed by atoms with Crippen LogP contribution in [0.5, 0.6) is 5.75 Å². The predicted molar refractivity (Wildman–Crippen MR) is 116 cm³/mol. The molecule has 0 saturated heterocycles. The van der Waals surface area contributed by atoms with Gasteiger partial charge in [0.1, 0.15) is 28.8 Å². The highest BCUT2D eigenvalue weighted by atomic mass is 16.6. The van der Waals surface area contributed by atoms with Crippen molar-refractivity contribution in [2.24, 2.45) is 0 Å². The molecule has 33 heavy (non-hydrogen) atoms. The highest BCUT2D eigenvalue weighted by Gasteiger charge is 2.46. The molecule has 0 amide bonds. The lowest BCUT2D eigenvalue weighted by molar-refractivity contribution is -0.148. The molecule has 0 spiro atoms. The van der Waals surface area contributed by atoms with E-state index in [0.29, 0.717) is 33.6 Å². The Labute approximate surface area is 187 Å². The van der Waals surface area contributed by atoms with Gasteiger partial charge >= 0.3 is 17.6 Å². The molecule has 8 nitrogen and oxygen atoms in total. The van der Waals surface area contributed by atoms with Crippen molar-refractivity contribution in [2.45, 2.75) is 12.0 Å². The molecule has 166 valence electrons. The summed E-state index contributed by atoms with van der Waals surface area (Å²) in [5.41, 5.74) is 1.05. The van der Waals surface area contributed by atoms with Crippen molar-refractivity contribution >= 4 is 22.9 Å². The molecule has 0 saturated carbocycles. The minimum Gasteiger partial charge on any atom is -0.476 e. The Morgan fingerprint density at radius 2 is 1.64 bits per heavy atom. The van der Waals surface area contributed by atoms with E-state index in [1.54, 1.807) is 60.7 Å².